The van der Waals surface area contributed by atoms with E-state index in [2.05, 4.69) is 211 Å². The molecule has 0 N–H and O–H groups in total. The zero-order valence-electron chi connectivity index (χ0n) is 36.6. The van der Waals surface area contributed by atoms with Crippen LogP contribution in [0.2, 0.25) is 0 Å². The first kappa shape index (κ1) is 37.7. The van der Waals surface area contributed by atoms with E-state index >= 15 is 0 Å². The summed E-state index contributed by atoms with van der Waals surface area (Å²) in [6.45, 7) is 17.4. The van der Waals surface area contributed by atoms with Crippen molar-refractivity contribution < 1.29 is 8.83 Å². The third kappa shape index (κ3) is 5.81. The van der Waals surface area contributed by atoms with E-state index in [0.29, 0.717) is 0 Å². The molecule has 0 amide bonds. The first-order chi connectivity index (χ1) is 30.0. The second-order valence-electron chi connectivity index (χ2n) is 17.4. The molecule has 0 saturated carbocycles. The summed E-state index contributed by atoms with van der Waals surface area (Å²) in [5, 5.41) is 8.78. The van der Waals surface area contributed by atoms with Crippen LogP contribution in [0.1, 0.15) is 44.5 Å². The summed E-state index contributed by atoms with van der Waals surface area (Å²) in [5.41, 5.74) is 19.9. The highest BCUT2D eigenvalue weighted by atomic mass is 16.3. The zero-order chi connectivity index (χ0) is 42.6. The van der Waals surface area contributed by atoms with E-state index in [1.807, 2.05) is 0 Å². The fraction of sp³-hybridized carbons (Fsp3) is 0.138. The highest BCUT2D eigenvalue weighted by Crippen LogP contribution is 2.50. The van der Waals surface area contributed by atoms with Crippen molar-refractivity contribution in [1.82, 2.24) is 0 Å². The molecule has 4 heteroatoms. The van der Waals surface area contributed by atoms with Crippen molar-refractivity contribution in [2.45, 2.75) is 55.4 Å². The van der Waals surface area contributed by atoms with Crippen molar-refractivity contribution in [3.8, 4) is 0 Å². The Hall–Kier alpha value is -7.30. The van der Waals surface area contributed by atoms with Crippen molar-refractivity contribution >= 4 is 99.5 Å². The van der Waals surface area contributed by atoms with Crippen LogP contribution in [0.25, 0.3) is 65.4 Å². The van der Waals surface area contributed by atoms with Crippen LogP contribution in [0.4, 0.5) is 34.1 Å². The van der Waals surface area contributed by atoms with Crippen molar-refractivity contribution in [2.75, 3.05) is 9.80 Å². The Kier molecular flexibility index (Phi) is 8.59. The highest BCUT2D eigenvalue weighted by Gasteiger charge is 2.26. The molecule has 0 bridgehead atoms. The first-order valence-electron chi connectivity index (χ1n) is 21.6. The summed E-state index contributed by atoms with van der Waals surface area (Å²) in [7, 11) is 0. The second kappa shape index (κ2) is 14.1. The molecule has 302 valence electrons. The fourth-order valence-electron chi connectivity index (χ4n) is 9.46. The normalized spacial score (nSPS) is 11.9. The van der Waals surface area contributed by atoms with Crippen LogP contribution < -0.4 is 9.80 Å². The summed E-state index contributed by atoms with van der Waals surface area (Å²) in [5.74, 6) is 0. The van der Waals surface area contributed by atoms with Crippen molar-refractivity contribution in [3.63, 3.8) is 0 Å². The van der Waals surface area contributed by atoms with E-state index < -0.39 is 0 Å². The summed E-state index contributed by atoms with van der Waals surface area (Å²) in [6, 6.07) is 53.3. The highest BCUT2D eigenvalue weighted by molar-refractivity contribution is 6.32. The van der Waals surface area contributed by atoms with Gasteiger partial charge in [0.1, 0.15) is 22.3 Å². The summed E-state index contributed by atoms with van der Waals surface area (Å²) in [6.07, 6.45) is 0. The lowest BCUT2D eigenvalue weighted by atomic mass is 9.97. The van der Waals surface area contributed by atoms with Gasteiger partial charge in [0.05, 0.1) is 16.8 Å². The molecule has 0 aliphatic carbocycles. The van der Waals surface area contributed by atoms with Crippen LogP contribution in [0, 0.1) is 55.4 Å². The van der Waals surface area contributed by atoms with Crippen molar-refractivity contribution in [1.29, 1.82) is 0 Å². The maximum atomic E-state index is 7.21. The van der Waals surface area contributed by atoms with E-state index in [1.165, 1.54) is 44.5 Å². The van der Waals surface area contributed by atoms with Gasteiger partial charge < -0.3 is 18.6 Å². The Balaban J connectivity index is 1.19. The van der Waals surface area contributed by atoms with Crippen LogP contribution in [-0.4, -0.2) is 0 Å². The van der Waals surface area contributed by atoms with Gasteiger partial charge in [0, 0.05) is 61.8 Å². The van der Waals surface area contributed by atoms with Crippen LogP contribution >= 0.6 is 0 Å². The molecular formula is C58H48N2O2. The van der Waals surface area contributed by atoms with Gasteiger partial charge in [-0.15, -0.1) is 0 Å². The van der Waals surface area contributed by atoms with E-state index in [0.717, 1.165) is 99.5 Å². The SMILES string of the molecule is Cc1ccc(N(c2ccc(C)c(C)c2)c2cc3oc4c(ccc5oc6cc(N(c7ccc(C)c(C)c7)c7ccc(C)c(C)c7)c7ccccc7c6c54)c3c3ccccc23)cc1C. The van der Waals surface area contributed by atoms with Gasteiger partial charge in [-0.1, -0.05) is 72.8 Å². The third-order valence-electron chi connectivity index (χ3n) is 13.5. The van der Waals surface area contributed by atoms with Gasteiger partial charge >= 0.3 is 0 Å². The topological polar surface area (TPSA) is 32.8 Å². The van der Waals surface area contributed by atoms with Gasteiger partial charge in [-0.05, 0) is 171 Å². The van der Waals surface area contributed by atoms with Gasteiger partial charge in [-0.2, -0.15) is 0 Å². The molecule has 9 aromatic carbocycles. The number of rotatable bonds is 6. The molecule has 0 aliphatic rings. The lowest BCUT2D eigenvalue weighted by Crippen LogP contribution is -2.11. The number of hydrogen-bond acceptors (Lipinski definition) is 4. The molecule has 11 aromatic rings. The van der Waals surface area contributed by atoms with Crippen molar-refractivity contribution in [2.24, 2.45) is 0 Å². The Morgan fingerprint density at radius 1 is 0.290 bits per heavy atom. The Bertz CT molecular complexity index is 3540. The maximum Gasteiger partial charge on any atom is 0.147 e. The summed E-state index contributed by atoms with van der Waals surface area (Å²) < 4.78 is 14.1. The van der Waals surface area contributed by atoms with Gasteiger partial charge in [-0.3, -0.25) is 0 Å². The largest absolute Gasteiger partial charge is 0.456 e. The molecule has 0 spiro atoms. The predicted molar refractivity (Wildman–Crippen MR) is 263 cm³/mol. The minimum Gasteiger partial charge on any atom is -0.456 e. The van der Waals surface area contributed by atoms with E-state index in [-0.39, 0.29) is 0 Å². The molecule has 0 aliphatic heterocycles. The molecule has 0 saturated heterocycles. The number of benzene rings is 9. The molecule has 2 aromatic heterocycles. The smallest absolute Gasteiger partial charge is 0.147 e. The minimum absolute atomic E-state index is 0.800. The van der Waals surface area contributed by atoms with E-state index in [1.54, 1.807) is 0 Å². The maximum absolute atomic E-state index is 7.21. The second-order valence-corrected chi connectivity index (χ2v) is 17.4. The van der Waals surface area contributed by atoms with Crippen LogP contribution in [0.15, 0.2) is 154 Å². The average Bonchev–Trinajstić information content (AvgIpc) is 3.84. The monoisotopic (exact) mass is 804 g/mol. The predicted octanol–water partition coefficient (Wildman–Crippen LogP) is 17.2. The fourth-order valence-corrected chi connectivity index (χ4v) is 9.46. The van der Waals surface area contributed by atoms with Gasteiger partial charge in [0.25, 0.3) is 0 Å². The lowest BCUT2D eigenvalue weighted by Gasteiger charge is -2.28. The average molecular weight is 805 g/mol. The molecule has 4 nitrogen and oxygen atoms in total. The molecule has 0 unspecified atom stereocenters. The zero-order valence-corrected chi connectivity index (χ0v) is 36.6. The number of furan rings is 2. The van der Waals surface area contributed by atoms with Gasteiger partial charge in [0.2, 0.25) is 0 Å². The van der Waals surface area contributed by atoms with Crippen LogP contribution in [0.3, 0.4) is 0 Å². The Morgan fingerprint density at radius 3 is 1.10 bits per heavy atom. The van der Waals surface area contributed by atoms with Crippen molar-refractivity contribution in [3.05, 3.63) is 190 Å². The number of hydrogen-bond donors (Lipinski definition) is 0. The number of fused-ring (bicyclic) bond motifs is 11. The molecule has 11 rings (SSSR count). The molecule has 0 radical (unpaired) electrons. The number of anilines is 6. The van der Waals surface area contributed by atoms with Crippen LogP contribution in [0.5, 0.6) is 0 Å². The van der Waals surface area contributed by atoms with E-state index in [4.69, 9.17) is 8.83 Å². The minimum atomic E-state index is 0.800. The third-order valence-corrected chi connectivity index (χ3v) is 13.5. The quantitative estimate of drug-likeness (QED) is 0.168. The standard InChI is InChI=1S/C58H48N2O2/c1-33-17-21-41(27-37(33)5)59(42-22-18-34(2)38(6)28-42)50-31-53-55(47-15-11-9-13-45(47)50)49-25-26-52-57(58(49)62-53)56-48-16-12-10-14-46(48)51(32-54(56)61-52)60(43-23-19-35(3)39(7)29-43)44-24-20-36(4)40(8)30-44/h9-32H,1-8H3. The van der Waals surface area contributed by atoms with E-state index in [9.17, 15) is 0 Å². The summed E-state index contributed by atoms with van der Waals surface area (Å²) in [4.78, 5) is 4.78. The number of aryl methyl sites for hydroxylation is 8. The molecule has 62 heavy (non-hydrogen) atoms. The molecular weight excluding hydrogens is 757 g/mol. The Labute approximate surface area is 362 Å². The molecule has 2 heterocycles. The molecule has 0 atom stereocenters. The number of nitrogens with zero attached hydrogens (tertiary/aromatic N) is 2. The first-order valence-corrected chi connectivity index (χ1v) is 21.6. The summed E-state index contributed by atoms with van der Waals surface area (Å²) >= 11 is 0. The van der Waals surface area contributed by atoms with Gasteiger partial charge in [0.15, 0.2) is 0 Å². The molecule has 0 fully saturated rings. The van der Waals surface area contributed by atoms with Gasteiger partial charge in [-0.25, -0.2) is 0 Å². The lowest BCUT2D eigenvalue weighted by molar-refractivity contribution is 0.663. The van der Waals surface area contributed by atoms with Crippen LogP contribution in [-0.2, 0) is 0 Å². The Morgan fingerprint density at radius 2 is 0.677 bits per heavy atom.